The van der Waals surface area contributed by atoms with E-state index in [9.17, 15) is 27.3 Å². The van der Waals surface area contributed by atoms with Crippen LogP contribution < -0.4 is 9.04 Å². The highest BCUT2D eigenvalue weighted by Crippen LogP contribution is 2.32. The van der Waals surface area contributed by atoms with Gasteiger partial charge in [-0.2, -0.15) is 0 Å². The number of halogens is 3. The number of nitrogens with zero attached hydrogens (tertiary/aromatic N) is 2. The Morgan fingerprint density at radius 1 is 0.950 bits per heavy atom. The molecule has 0 aliphatic heterocycles. The van der Waals surface area contributed by atoms with E-state index < -0.39 is 32.3 Å². The molecule has 0 N–H and O–H groups in total. The molecule has 4 aromatic rings. The molecule has 0 radical (unpaired) electrons. The SMILES string of the molecule is O=[N+]([O-])c1ccccc1SCCCOc1ccccc1CN(c1cc(F)ccc1F)S(=O)(=O)c1ccc(Cl)cc1. The quantitative estimate of drug-likeness (QED) is 0.0720. The zero-order chi connectivity index (χ0) is 28.7. The van der Waals surface area contributed by atoms with Crippen molar-refractivity contribution < 1.29 is 26.9 Å². The molecule has 0 aliphatic carbocycles. The molecule has 0 amide bonds. The van der Waals surface area contributed by atoms with Crippen LogP contribution in [0.25, 0.3) is 0 Å². The summed E-state index contributed by atoms with van der Waals surface area (Å²) in [6.45, 7) is -0.102. The molecule has 4 aromatic carbocycles. The maximum atomic E-state index is 14.9. The number of rotatable bonds is 12. The van der Waals surface area contributed by atoms with Gasteiger partial charge in [0.2, 0.25) is 0 Å². The topological polar surface area (TPSA) is 89.8 Å². The summed E-state index contributed by atoms with van der Waals surface area (Å²) in [6, 6.07) is 21.1. The normalized spacial score (nSPS) is 11.3. The van der Waals surface area contributed by atoms with E-state index in [-0.39, 0.29) is 23.7 Å². The summed E-state index contributed by atoms with van der Waals surface area (Å²) in [5, 5.41) is 11.5. The van der Waals surface area contributed by atoms with Crippen LogP contribution in [0.5, 0.6) is 5.75 Å². The Bertz CT molecular complexity index is 1600. The molecule has 0 atom stereocenters. The van der Waals surface area contributed by atoms with E-state index in [0.29, 0.717) is 33.4 Å². The third-order valence-electron chi connectivity index (χ3n) is 5.73. The van der Waals surface area contributed by atoms with E-state index in [1.165, 1.54) is 42.1 Å². The van der Waals surface area contributed by atoms with Crippen molar-refractivity contribution in [2.75, 3.05) is 16.7 Å². The van der Waals surface area contributed by atoms with E-state index in [0.717, 1.165) is 22.5 Å². The largest absolute Gasteiger partial charge is 0.493 e. The summed E-state index contributed by atoms with van der Waals surface area (Å²) < 4.78 is 63.0. The Labute approximate surface area is 239 Å². The summed E-state index contributed by atoms with van der Waals surface area (Å²) in [5.41, 5.74) is 0.00555. The lowest BCUT2D eigenvalue weighted by atomic mass is 10.2. The van der Waals surface area contributed by atoms with Gasteiger partial charge < -0.3 is 4.74 Å². The summed E-state index contributed by atoms with van der Waals surface area (Å²) >= 11 is 7.25. The van der Waals surface area contributed by atoms with Crippen LogP contribution in [0.4, 0.5) is 20.2 Å². The molecule has 0 aromatic heterocycles. The highest BCUT2D eigenvalue weighted by atomic mass is 35.5. The van der Waals surface area contributed by atoms with Gasteiger partial charge in [-0.3, -0.25) is 14.4 Å². The van der Waals surface area contributed by atoms with Crippen LogP contribution in [0.15, 0.2) is 101 Å². The minimum Gasteiger partial charge on any atom is -0.493 e. The van der Waals surface area contributed by atoms with Crippen molar-refractivity contribution in [3.63, 3.8) is 0 Å². The molecule has 0 saturated heterocycles. The van der Waals surface area contributed by atoms with Crippen molar-refractivity contribution in [2.45, 2.75) is 22.8 Å². The Kier molecular flexibility index (Phi) is 9.62. The van der Waals surface area contributed by atoms with Crippen LogP contribution in [0.3, 0.4) is 0 Å². The smallest absolute Gasteiger partial charge is 0.282 e. The first-order chi connectivity index (χ1) is 19.2. The fraction of sp³-hybridized carbons (Fsp3) is 0.143. The maximum absolute atomic E-state index is 14.9. The number of para-hydroxylation sites is 2. The van der Waals surface area contributed by atoms with Crippen molar-refractivity contribution in [3.05, 3.63) is 123 Å². The molecule has 0 aliphatic rings. The second-order valence-corrected chi connectivity index (χ2v) is 11.9. The van der Waals surface area contributed by atoms with E-state index in [4.69, 9.17) is 16.3 Å². The number of thioether (sulfide) groups is 1. The minimum absolute atomic E-state index is 0.0327. The lowest BCUT2D eigenvalue weighted by Crippen LogP contribution is -2.31. The molecule has 208 valence electrons. The van der Waals surface area contributed by atoms with Gasteiger partial charge in [0.05, 0.1) is 33.6 Å². The second kappa shape index (κ2) is 13.1. The number of anilines is 1. The molecule has 0 heterocycles. The van der Waals surface area contributed by atoms with E-state index >= 15 is 0 Å². The third-order valence-corrected chi connectivity index (χ3v) is 8.91. The highest BCUT2D eigenvalue weighted by molar-refractivity contribution is 7.99. The van der Waals surface area contributed by atoms with Gasteiger partial charge in [-0.25, -0.2) is 17.2 Å². The summed E-state index contributed by atoms with van der Waals surface area (Å²) in [5.74, 6) is -0.803. The zero-order valence-corrected chi connectivity index (χ0v) is 23.3. The molecule has 40 heavy (non-hydrogen) atoms. The molecule has 0 fully saturated rings. The van der Waals surface area contributed by atoms with Crippen LogP contribution in [0.1, 0.15) is 12.0 Å². The highest BCUT2D eigenvalue weighted by Gasteiger charge is 2.29. The molecule has 0 bridgehead atoms. The van der Waals surface area contributed by atoms with Crippen molar-refractivity contribution in [3.8, 4) is 5.75 Å². The van der Waals surface area contributed by atoms with Gasteiger partial charge in [-0.15, -0.1) is 11.8 Å². The monoisotopic (exact) mass is 604 g/mol. The molecule has 7 nitrogen and oxygen atoms in total. The number of nitro groups is 1. The zero-order valence-electron chi connectivity index (χ0n) is 20.9. The van der Waals surface area contributed by atoms with Crippen LogP contribution in [-0.2, 0) is 16.6 Å². The van der Waals surface area contributed by atoms with Crippen LogP contribution in [0, 0.1) is 21.7 Å². The van der Waals surface area contributed by atoms with Crippen molar-refractivity contribution in [1.29, 1.82) is 0 Å². The van der Waals surface area contributed by atoms with Crippen LogP contribution in [-0.4, -0.2) is 25.7 Å². The van der Waals surface area contributed by atoms with Gasteiger partial charge in [0.15, 0.2) is 0 Å². The molecule has 4 rings (SSSR count). The Balaban J connectivity index is 1.53. The number of hydrogen-bond acceptors (Lipinski definition) is 6. The average Bonchev–Trinajstić information content (AvgIpc) is 2.94. The third kappa shape index (κ3) is 7.09. The lowest BCUT2D eigenvalue weighted by molar-refractivity contribution is -0.387. The van der Waals surface area contributed by atoms with Gasteiger partial charge >= 0.3 is 0 Å². The van der Waals surface area contributed by atoms with Crippen molar-refractivity contribution >= 4 is 44.8 Å². The van der Waals surface area contributed by atoms with Crippen LogP contribution in [0.2, 0.25) is 5.02 Å². The lowest BCUT2D eigenvalue weighted by Gasteiger charge is -2.26. The average molecular weight is 605 g/mol. The molecular weight excluding hydrogens is 582 g/mol. The van der Waals surface area contributed by atoms with E-state index in [2.05, 4.69) is 0 Å². The number of ether oxygens (including phenoxy) is 1. The predicted molar refractivity (Wildman–Crippen MR) is 152 cm³/mol. The van der Waals surface area contributed by atoms with E-state index in [1.807, 2.05) is 0 Å². The Morgan fingerprint density at radius 2 is 1.65 bits per heavy atom. The van der Waals surface area contributed by atoms with Crippen LogP contribution >= 0.6 is 23.4 Å². The maximum Gasteiger partial charge on any atom is 0.282 e. The Morgan fingerprint density at radius 3 is 2.40 bits per heavy atom. The predicted octanol–water partition coefficient (Wildman–Crippen LogP) is 7.48. The van der Waals surface area contributed by atoms with Crippen molar-refractivity contribution in [1.82, 2.24) is 0 Å². The van der Waals surface area contributed by atoms with Gasteiger partial charge in [0.1, 0.15) is 17.4 Å². The molecule has 12 heteroatoms. The first kappa shape index (κ1) is 29.3. The standard InChI is InChI=1S/C28H23ClF2N2O5S2/c29-21-10-13-23(14-11-21)40(36,37)32(26-18-22(30)12-15-24(26)31)19-20-6-1-3-8-27(20)38-16-5-17-39-28-9-4-2-7-25(28)33(34)35/h1-4,6-15,18H,5,16-17,19H2. The van der Waals surface area contributed by atoms with Gasteiger partial charge in [-0.1, -0.05) is 41.9 Å². The van der Waals surface area contributed by atoms with Gasteiger partial charge in [-0.05, 0) is 55.0 Å². The van der Waals surface area contributed by atoms with Crippen molar-refractivity contribution in [2.24, 2.45) is 0 Å². The Hall–Kier alpha value is -3.67. The van der Waals surface area contributed by atoms with Gasteiger partial charge in [0.25, 0.3) is 15.7 Å². The molecular formula is C28H23ClF2N2O5S2. The summed E-state index contributed by atoms with van der Waals surface area (Å²) in [4.78, 5) is 11.2. The molecule has 0 spiro atoms. The summed E-state index contributed by atoms with van der Waals surface area (Å²) in [7, 11) is -4.34. The number of nitro benzene ring substituents is 1. The minimum atomic E-state index is -4.34. The molecule has 0 saturated carbocycles. The van der Waals surface area contributed by atoms with Gasteiger partial charge in [0, 0.05) is 28.5 Å². The van der Waals surface area contributed by atoms with E-state index in [1.54, 1.807) is 42.5 Å². The number of sulfonamides is 1. The first-order valence-corrected chi connectivity index (χ1v) is 14.8. The second-order valence-electron chi connectivity index (χ2n) is 8.44. The number of hydrogen-bond donors (Lipinski definition) is 0. The fourth-order valence-electron chi connectivity index (χ4n) is 3.79. The fourth-order valence-corrected chi connectivity index (χ4v) is 6.31. The summed E-state index contributed by atoms with van der Waals surface area (Å²) in [6.07, 6.45) is 0.538. The first-order valence-electron chi connectivity index (χ1n) is 12.0. The number of benzene rings is 4. The molecule has 0 unspecified atom stereocenters.